The van der Waals surface area contributed by atoms with Crippen LogP contribution in [0.1, 0.15) is 25.7 Å². The van der Waals surface area contributed by atoms with Crippen LogP contribution in [0.5, 0.6) is 0 Å². The largest absolute Gasteiger partial charge is 0.450 e. The average Bonchev–Trinajstić information content (AvgIpc) is 1.99. The van der Waals surface area contributed by atoms with E-state index in [1.54, 1.807) is 0 Å². The first kappa shape index (κ1) is 10.6. The summed E-state index contributed by atoms with van der Waals surface area (Å²) in [6.45, 7) is 0. The van der Waals surface area contributed by atoms with Crippen molar-refractivity contribution in [2.45, 2.75) is 37.8 Å². The zero-order chi connectivity index (χ0) is 9.68. The van der Waals surface area contributed by atoms with E-state index in [-0.39, 0.29) is 12.1 Å². The highest BCUT2D eigenvalue weighted by Gasteiger charge is 2.12. The number of thiol groups is 1. The molecule has 2 atom stereocenters. The molecule has 13 heavy (non-hydrogen) atoms. The zero-order valence-corrected chi connectivity index (χ0v) is 8.37. The van der Waals surface area contributed by atoms with Crippen molar-refractivity contribution in [3.8, 4) is 0 Å². The first-order valence-electron chi connectivity index (χ1n) is 4.50. The fourth-order valence-corrected chi connectivity index (χ4v) is 1.56. The quantitative estimate of drug-likeness (QED) is 0.387. The molecule has 0 bridgehead atoms. The molecule has 1 aliphatic carbocycles. The molecule has 0 aliphatic heterocycles. The summed E-state index contributed by atoms with van der Waals surface area (Å²) >= 11 is 3.57. The molecule has 3 nitrogen and oxygen atoms in total. The van der Waals surface area contributed by atoms with Gasteiger partial charge in [-0.3, -0.25) is 0 Å². The molecule has 0 aromatic carbocycles. The molecule has 0 fully saturated rings. The Morgan fingerprint density at radius 2 is 2.31 bits per heavy atom. The molecule has 1 rings (SSSR count). The van der Waals surface area contributed by atoms with Crippen LogP contribution in [0.4, 0.5) is 4.79 Å². The number of hydrogen-bond acceptors (Lipinski definition) is 3. The van der Waals surface area contributed by atoms with Crippen molar-refractivity contribution in [2.75, 3.05) is 0 Å². The van der Waals surface area contributed by atoms with Crippen molar-refractivity contribution in [1.29, 1.82) is 0 Å². The van der Waals surface area contributed by atoms with E-state index in [1.807, 2.05) is 12.2 Å². The third kappa shape index (κ3) is 4.33. The van der Waals surface area contributed by atoms with Crippen LogP contribution in [0.2, 0.25) is 0 Å². The average molecular weight is 201 g/mol. The molecule has 1 aliphatic rings. The molecule has 2 unspecified atom stereocenters. The number of ether oxygens (including phenoxy) is 1. The van der Waals surface area contributed by atoms with Crippen molar-refractivity contribution in [1.82, 2.24) is 0 Å². The van der Waals surface area contributed by atoms with E-state index in [9.17, 15) is 4.79 Å². The van der Waals surface area contributed by atoms with Gasteiger partial charge in [0, 0.05) is 6.04 Å². The maximum absolute atomic E-state index is 10.6. The molecule has 0 spiro atoms. The second kappa shape index (κ2) is 5.29. The molecule has 0 aromatic heterocycles. The molecule has 74 valence electrons. The summed E-state index contributed by atoms with van der Waals surface area (Å²) in [6, 6.07) is 0.254. The number of nitrogens with two attached hydrogens (primary N) is 1. The van der Waals surface area contributed by atoms with Crippen LogP contribution in [0.15, 0.2) is 12.2 Å². The van der Waals surface area contributed by atoms with E-state index in [0.717, 1.165) is 25.7 Å². The maximum Gasteiger partial charge on any atom is 0.364 e. The molecule has 0 saturated heterocycles. The number of hydrogen-bond donors (Lipinski definition) is 2. The predicted octanol–water partition coefficient (Wildman–Crippen LogP) is 1.88. The first-order valence-corrected chi connectivity index (χ1v) is 4.95. The summed E-state index contributed by atoms with van der Waals surface area (Å²) in [5, 5.41) is -0.514. The Kier molecular flexibility index (Phi) is 4.32. The van der Waals surface area contributed by atoms with Crippen LogP contribution in [-0.2, 0) is 4.74 Å². The predicted molar refractivity (Wildman–Crippen MR) is 54.8 cm³/mol. The standard InChI is InChI=1S/C9H15NO2S/c10-7-3-1-5-8(6-2-4-7)12-9(11)13/h1,5,7-8H,2-4,6,10H2,(H,11,13)/b5-1+. The van der Waals surface area contributed by atoms with Gasteiger partial charge in [0.2, 0.25) is 0 Å². The Hall–Kier alpha value is -0.480. The Bertz CT molecular complexity index is 206. The van der Waals surface area contributed by atoms with Gasteiger partial charge in [-0.2, -0.15) is 0 Å². The molecule has 0 radical (unpaired) electrons. The highest BCUT2D eigenvalue weighted by Crippen LogP contribution is 2.14. The monoisotopic (exact) mass is 201 g/mol. The van der Waals surface area contributed by atoms with E-state index in [0.29, 0.717) is 0 Å². The highest BCUT2D eigenvalue weighted by molar-refractivity contribution is 7.96. The third-order valence-electron chi connectivity index (χ3n) is 2.11. The van der Waals surface area contributed by atoms with Crippen LogP contribution in [0.25, 0.3) is 0 Å². The lowest BCUT2D eigenvalue weighted by molar-refractivity contribution is 0.140. The number of carbonyl (C=O) groups excluding carboxylic acids is 1. The summed E-state index contributed by atoms with van der Waals surface area (Å²) in [7, 11) is 0. The Balaban J connectivity index is 2.42. The fourth-order valence-electron chi connectivity index (χ4n) is 1.43. The van der Waals surface area contributed by atoms with Gasteiger partial charge in [-0.25, -0.2) is 4.79 Å². The molecule has 0 saturated carbocycles. The Labute approximate surface area is 83.7 Å². The Morgan fingerprint density at radius 1 is 1.54 bits per heavy atom. The minimum atomic E-state index is -0.514. The number of carbonyl (C=O) groups is 1. The van der Waals surface area contributed by atoms with E-state index >= 15 is 0 Å². The Morgan fingerprint density at radius 3 is 3.00 bits per heavy atom. The van der Waals surface area contributed by atoms with Crippen LogP contribution in [0.3, 0.4) is 0 Å². The van der Waals surface area contributed by atoms with Crippen molar-refractivity contribution in [2.24, 2.45) is 5.73 Å². The third-order valence-corrected chi connectivity index (χ3v) is 2.21. The molecule has 4 heteroatoms. The lowest BCUT2D eigenvalue weighted by Crippen LogP contribution is -2.22. The minimum absolute atomic E-state index is 0.113. The molecule has 0 aromatic rings. The van der Waals surface area contributed by atoms with Crippen LogP contribution < -0.4 is 5.73 Å². The maximum atomic E-state index is 10.6. The molecule has 0 amide bonds. The summed E-state index contributed by atoms with van der Waals surface area (Å²) < 4.78 is 4.96. The van der Waals surface area contributed by atoms with Crippen molar-refractivity contribution >= 4 is 17.9 Å². The topological polar surface area (TPSA) is 52.3 Å². The SMILES string of the molecule is NC1C/C=C/C(OC(=O)S)CCC1. The summed E-state index contributed by atoms with van der Waals surface area (Å²) in [6.07, 6.45) is 7.45. The van der Waals surface area contributed by atoms with Crippen molar-refractivity contribution < 1.29 is 9.53 Å². The molecule has 2 N–H and O–H groups in total. The van der Waals surface area contributed by atoms with Gasteiger partial charge in [-0.1, -0.05) is 18.7 Å². The lowest BCUT2D eigenvalue weighted by atomic mass is 10.0. The normalized spacial score (nSPS) is 31.5. The van der Waals surface area contributed by atoms with Gasteiger partial charge in [0.25, 0.3) is 0 Å². The molecule has 0 heterocycles. The van der Waals surface area contributed by atoms with Gasteiger partial charge in [0.15, 0.2) is 0 Å². The number of rotatable bonds is 1. The van der Waals surface area contributed by atoms with E-state index in [2.05, 4.69) is 12.6 Å². The fraction of sp³-hybridized carbons (Fsp3) is 0.667. The summed E-state index contributed by atoms with van der Waals surface area (Å²) in [4.78, 5) is 10.6. The van der Waals surface area contributed by atoms with Gasteiger partial charge in [0.1, 0.15) is 6.10 Å². The minimum Gasteiger partial charge on any atom is -0.450 e. The van der Waals surface area contributed by atoms with Gasteiger partial charge >= 0.3 is 5.30 Å². The second-order valence-corrected chi connectivity index (χ2v) is 3.64. The van der Waals surface area contributed by atoms with Crippen LogP contribution >= 0.6 is 12.6 Å². The molecular formula is C9H15NO2S. The van der Waals surface area contributed by atoms with Gasteiger partial charge < -0.3 is 10.5 Å². The first-order chi connectivity index (χ1) is 6.18. The van der Waals surface area contributed by atoms with Crippen molar-refractivity contribution in [3.63, 3.8) is 0 Å². The van der Waals surface area contributed by atoms with E-state index in [4.69, 9.17) is 10.5 Å². The van der Waals surface area contributed by atoms with E-state index in [1.165, 1.54) is 0 Å². The van der Waals surface area contributed by atoms with Crippen LogP contribution in [0, 0.1) is 0 Å². The lowest BCUT2D eigenvalue weighted by Gasteiger charge is -2.17. The second-order valence-electron chi connectivity index (χ2n) is 3.28. The van der Waals surface area contributed by atoms with Gasteiger partial charge in [-0.15, -0.1) is 0 Å². The van der Waals surface area contributed by atoms with E-state index < -0.39 is 5.30 Å². The van der Waals surface area contributed by atoms with Crippen molar-refractivity contribution in [3.05, 3.63) is 12.2 Å². The van der Waals surface area contributed by atoms with Gasteiger partial charge in [-0.05, 0) is 31.8 Å². The zero-order valence-electron chi connectivity index (χ0n) is 7.48. The molecular weight excluding hydrogens is 186 g/mol. The summed E-state index contributed by atoms with van der Waals surface area (Å²) in [5.41, 5.74) is 5.78. The smallest absolute Gasteiger partial charge is 0.364 e. The summed E-state index contributed by atoms with van der Waals surface area (Å²) in [5.74, 6) is 0. The highest BCUT2D eigenvalue weighted by atomic mass is 32.1. The van der Waals surface area contributed by atoms with Crippen LogP contribution in [-0.4, -0.2) is 17.4 Å². The van der Waals surface area contributed by atoms with Gasteiger partial charge in [0.05, 0.1) is 0 Å².